The fourth-order valence-electron chi connectivity index (χ4n) is 2.08. The molecule has 1 aromatic rings. The van der Waals surface area contributed by atoms with Gasteiger partial charge in [-0.15, -0.1) is 0 Å². The number of hydrogen-bond acceptors (Lipinski definition) is 4. The van der Waals surface area contributed by atoms with Crippen LogP contribution in [0.4, 0.5) is 11.4 Å². The first kappa shape index (κ1) is 15.4. The van der Waals surface area contributed by atoms with Crippen LogP contribution in [0.15, 0.2) is 18.2 Å². The molecule has 19 heavy (non-hydrogen) atoms. The highest BCUT2D eigenvalue weighted by molar-refractivity contribution is 5.62. The van der Waals surface area contributed by atoms with Gasteiger partial charge in [-0.05, 0) is 24.6 Å². The van der Waals surface area contributed by atoms with E-state index in [1.165, 1.54) is 0 Å². The number of nitrogens with zero attached hydrogens (tertiary/aromatic N) is 2. The quantitative estimate of drug-likeness (QED) is 0.608. The van der Waals surface area contributed by atoms with Gasteiger partial charge in [0.2, 0.25) is 0 Å². The van der Waals surface area contributed by atoms with Crippen LogP contribution < -0.4 is 5.32 Å². The van der Waals surface area contributed by atoms with Gasteiger partial charge < -0.3 is 10.2 Å². The minimum atomic E-state index is -0.363. The smallest absolute Gasteiger partial charge is 0.292 e. The van der Waals surface area contributed by atoms with E-state index in [0.717, 1.165) is 25.1 Å². The van der Waals surface area contributed by atoms with Gasteiger partial charge in [0.1, 0.15) is 5.69 Å². The van der Waals surface area contributed by atoms with Gasteiger partial charge in [0.05, 0.1) is 4.92 Å². The van der Waals surface area contributed by atoms with Crippen LogP contribution in [0.5, 0.6) is 0 Å². The summed E-state index contributed by atoms with van der Waals surface area (Å²) in [5.41, 5.74) is 1.77. The van der Waals surface area contributed by atoms with Crippen LogP contribution >= 0.6 is 0 Å². The van der Waals surface area contributed by atoms with Crippen LogP contribution in [-0.4, -0.2) is 30.5 Å². The predicted octanol–water partition coefficient (Wildman–Crippen LogP) is 3.11. The molecule has 0 saturated carbocycles. The summed E-state index contributed by atoms with van der Waals surface area (Å²) >= 11 is 0. The first-order valence-electron chi connectivity index (χ1n) is 6.61. The normalized spacial score (nSPS) is 12.5. The maximum Gasteiger partial charge on any atom is 0.292 e. The lowest BCUT2D eigenvalue weighted by atomic mass is 10.1. The Morgan fingerprint density at radius 1 is 1.47 bits per heavy atom. The van der Waals surface area contributed by atoms with Crippen molar-refractivity contribution >= 4 is 11.4 Å². The first-order chi connectivity index (χ1) is 8.97. The lowest BCUT2D eigenvalue weighted by Crippen LogP contribution is -2.23. The Labute approximate surface area is 114 Å². The maximum absolute atomic E-state index is 10.9. The fourth-order valence-corrected chi connectivity index (χ4v) is 2.08. The van der Waals surface area contributed by atoms with Crippen LogP contribution in [0.25, 0.3) is 0 Å². The second-order valence-electron chi connectivity index (χ2n) is 5.07. The summed E-state index contributed by atoms with van der Waals surface area (Å²) in [4.78, 5) is 12.7. The average molecular weight is 265 g/mol. The van der Waals surface area contributed by atoms with Gasteiger partial charge in [-0.3, -0.25) is 10.1 Å². The predicted molar refractivity (Wildman–Crippen MR) is 78.4 cm³/mol. The van der Waals surface area contributed by atoms with Gasteiger partial charge in [-0.25, -0.2) is 0 Å². The lowest BCUT2D eigenvalue weighted by molar-refractivity contribution is -0.384. The third-order valence-corrected chi connectivity index (χ3v) is 3.30. The molecule has 5 nitrogen and oxygen atoms in total. The largest absolute Gasteiger partial charge is 0.383 e. The van der Waals surface area contributed by atoms with Gasteiger partial charge in [0.15, 0.2) is 0 Å². The summed E-state index contributed by atoms with van der Waals surface area (Å²) in [5, 5.41) is 13.7. The molecule has 0 aliphatic carbocycles. The Bertz CT molecular complexity index is 435. The number of nitro groups is 1. The van der Waals surface area contributed by atoms with E-state index in [-0.39, 0.29) is 10.6 Å². The second kappa shape index (κ2) is 7.09. The summed E-state index contributed by atoms with van der Waals surface area (Å²) in [6.45, 7) is 6.24. The Morgan fingerprint density at radius 3 is 2.68 bits per heavy atom. The molecule has 0 amide bonds. The number of benzene rings is 1. The van der Waals surface area contributed by atoms with Crippen LogP contribution in [0.3, 0.4) is 0 Å². The summed E-state index contributed by atoms with van der Waals surface area (Å²) < 4.78 is 0. The van der Waals surface area contributed by atoms with Crippen molar-refractivity contribution in [2.75, 3.05) is 26.0 Å². The Morgan fingerprint density at radius 2 is 2.16 bits per heavy atom. The molecular formula is C14H23N3O2. The van der Waals surface area contributed by atoms with Crippen LogP contribution in [-0.2, 0) is 6.54 Å². The van der Waals surface area contributed by atoms with Gasteiger partial charge >= 0.3 is 0 Å². The van der Waals surface area contributed by atoms with E-state index in [9.17, 15) is 10.1 Å². The summed E-state index contributed by atoms with van der Waals surface area (Å²) in [6, 6.07) is 5.25. The lowest BCUT2D eigenvalue weighted by Gasteiger charge is -2.20. The van der Waals surface area contributed by atoms with Crippen molar-refractivity contribution in [3.8, 4) is 0 Å². The van der Waals surface area contributed by atoms with Crippen molar-refractivity contribution in [3.63, 3.8) is 0 Å². The zero-order chi connectivity index (χ0) is 14.4. The highest BCUT2D eigenvalue weighted by atomic mass is 16.6. The van der Waals surface area contributed by atoms with Crippen molar-refractivity contribution in [2.45, 2.75) is 26.8 Å². The number of anilines is 1. The summed E-state index contributed by atoms with van der Waals surface area (Å²) in [6.07, 6.45) is 1.16. The molecule has 5 heteroatoms. The van der Waals surface area contributed by atoms with Crippen LogP contribution in [0.1, 0.15) is 25.8 Å². The molecule has 0 aliphatic rings. The molecule has 0 aromatic heterocycles. The maximum atomic E-state index is 10.9. The standard InChI is InChI=1S/C14H23N3O2/c1-5-11(2)9-16(4)10-12-6-7-14(17(18)19)13(8-12)15-3/h6-8,11,15H,5,9-10H2,1-4H3. The highest BCUT2D eigenvalue weighted by Crippen LogP contribution is 2.25. The molecule has 1 aromatic carbocycles. The molecule has 0 heterocycles. The summed E-state index contributed by atoms with van der Waals surface area (Å²) in [7, 11) is 3.78. The monoisotopic (exact) mass is 265 g/mol. The molecule has 106 valence electrons. The molecule has 1 unspecified atom stereocenters. The molecule has 0 radical (unpaired) electrons. The fraction of sp³-hybridized carbons (Fsp3) is 0.571. The SMILES string of the molecule is CCC(C)CN(C)Cc1ccc([N+](=O)[O-])c(NC)c1. The summed E-state index contributed by atoms with van der Waals surface area (Å²) in [5.74, 6) is 0.659. The second-order valence-corrected chi connectivity index (χ2v) is 5.07. The van der Waals surface area contributed by atoms with E-state index >= 15 is 0 Å². The zero-order valence-electron chi connectivity index (χ0n) is 12.1. The van der Waals surface area contributed by atoms with Crippen molar-refractivity contribution in [1.29, 1.82) is 0 Å². The zero-order valence-corrected chi connectivity index (χ0v) is 12.1. The number of rotatable bonds is 7. The van der Waals surface area contributed by atoms with Crippen LogP contribution in [0.2, 0.25) is 0 Å². The molecule has 1 N–H and O–H groups in total. The van der Waals surface area contributed by atoms with E-state index < -0.39 is 0 Å². The molecule has 0 bridgehead atoms. The third-order valence-electron chi connectivity index (χ3n) is 3.30. The highest BCUT2D eigenvalue weighted by Gasteiger charge is 2.13. The Balaban J connectivity index is 2.77. The van der Waals surface area contributed by atoms with Crippen molar-refractivity contribution in [1.82, 2.24) is 4.90 Å². The first-order valence-corrected chi connectivity index (χ1v) is 6.61. The van der Waals surface area contributed by atoms with Gasteiger partial charge in [0, 0.05) is 26.2 Å². The van der Waals surface area contributed by atoms with Gasteiger partial charge in [-0.1, -0.05) is 26.3 Å². The van der Waals surface area contributed by atoms with E-state index in [1.54, 1.807) is 13.1 Å². The van der Waals surface area contributed by atoms with Gasteiger partial charge in [-0.2, -0.15) is 0 Å². The number of hydrogen-bond donors (Lipinski definition) is 1. The number of nitrogens with one attached hydrogen (secondary N) is 1. The van der Waals surface area contributed by atoms with E-state index in [2.05, 4.69) is 31.1 Å². The Hall–Kier alpha value is -1.62. The minimum Gasteiger partial charge on any atom is -0.383 e. The topological polar surface area (TPSA) is 58.4 Å². The Kier molecular flexibility index (Phi) is 5.76. The molecule has 0 saturated heterocycles. The van der Waals surface area contributed by atoms with Gasteiger partial charge in [0.25, 0.3) is 5.69 Å². The van der Waals surface area contributed by atoms with Crippen molar-refractivity contribution < 1.29 is 4.92 Å². The van der Waals surface area contributed by atoms with E-state index in [4.69, 9.17) is 0 Å². The molecule has 1 atom stereocenters. The average Bonchev–Trinajstić information content (AvgIpc) is 2.37. The van der Waals surface area contributed by atoms with Crippen LogP contribution in [0, 0.1) is 16.0 Å². The molecule has 1 rings (SSSR count). The minimum absolute atomic E-state index is 0.121. The van der Waals surface area contributed by atoms with Crippen molar-refractivity contribution in [3.05, 3.63) is 33.9 Å². The van der Waals surface area contributed by atoms with E-state index in [0.29, 0.717) is 11.6 Å². The van der Waals surface area contributed by atoms with Crippen molar-refractivity contribution in [2.24, 2.45) is 5.92 Å². The number of nitro benzene ring substituents is 1. The molecule has 0 fully saturated rings. The van der Waals surface area contributed by atoms with E-state index in [1.807, 2.05) is 12.1 Å². The molecule has 0 spiro atoms. The molecule has 0 aliphatic heterocycles. The third kappa shape index (κ3) is 4.52. The molecular weight excluding hydrogens is 242 g/mol.